The van der Waals surface area contributed by atoms with E-state index < -0.39 is 0 Å². The molecule has 6 heteroatoms. The summed E-state index contributed by atoms with van der Waals surface area (Å²) in [6, 6.07) is 10.1. The molecular formula is C18H23N3O3. The predicted octanol–water partition coefficient (Wildman–Crippen LogP) is 2.40. The molecule has 0 N–H and O–H groups in total. The van der Waals surface area contributed by atoms with Gasteiger partial charge in [0.1, 0.15) is 11.5 Å². The molecule has 1 aromatic carbocycles. The van der Waals surface area contributed by atoms with Gasteiger partial charge in [-0.05, 0) is 24.6 Å². The first kappa shape index (κ1) is 16.5. The fraction of sp³-hybridized carbons (Fsp3) is 0.444. The average molecular weight is 329 g/mol. The first-order chi connectivity index (χ1) is 11.6. The molecule has 1 aliphatic rings. The summed E-state index contributed by atoms with van der Waals surface area (Å²) in [7, 11) is 1.66. The fourth-order valence-electron chi connectivity index (χ4n) is 3.14. The number of carbonyl (C=O) groups is 1. The molecule has 2 heterocycles. The number of hydrogen-bond acceptors (Lipinski definition) is 5. The van der Waals surface area contributed by atoms with Gasteiger partial charge in [-0.1, -0.05) is 17.3 Å². The maximum atomic E-state index is 11.8. The van der Waals surface area contributed by atoms with Crippen molar-refractivity contribution < 1.29 is 14.1 Å². The second-order valence-electron chi connectivity index (χ2n) is 6.15. The zero-order valence-electron chi connectivity index (χ0n) is 14.4. The van der Waals surface area contributed by atoms with Crippen molar-refractivity contribution in [2.45, 2.75) is 26.4 Å². The Balaban J connectivity index is 1.83. The predicted molar refractivity (Wildman–Crippen MR) is 89.6 cm³/mol. The van der Waals surface area contributed by atoms with Gasteiger partial charge in [-0.25, -0.2) is 0 Å². The molecule has 128 valence electrons. The number of methoxy groups -OCH3 is 1. The van der Waals surface area contributed by atoms with Crippen molar-refractivity contribution in [2.75, 3.05) is 26.7 Å². The maximum Gasteiger partial charge on any atom is 0.219 e. The summed E-state index contributed by atoms with van der Waals surface area (Å²) in [4.78, 5) is 16.1. The molecule has 24 heavy (non-hydrogen) atoms. The van der Waals surface area contributed by atoms with Gasteiger partial charge in [-0.2, -0.15) is 0 Å². The van der Waals surface area contributed by atoms with Crippen LogP contribution in [0.25, 0.3) is 0 Å². The fourth-order valence-corrected chi connectivity index (χ4v) is 3.14. The van der Waals surface area contributed by atoms with Gasteiger partial charge in [0.15, 0.2) is 0 Å². The first-order valence-electron chi connectivity index (χ1n) is 8.12. The number of ether oxygens (including phenoxy) is 1. The van der Waals surface area contributed by atoms with E-state index in [-0.39, 0.29) is 11.9 Å². The van der Waals surface area contributed by atoms with Crippen molar-refractivity contribution in [3.8, 4) is 5.75 Å². The van der Waals surface area contributed by atoms with E-state index in [0.717, 1.165) is 30.3 Å². The van der Waals surface area contributed by atoms with Crippen LogP contribution in [0.1, 0.15) is 30.0 Å². The number of aryl methyl sites for hydroxylation is 1. The van der Waals surface area contributed by atoms with E-state index in [1.807, 2.05) is 30.0 Å². The van der Waals surface area contributed by atoms with Crippen LogP contribution in [0.4, 0.5) is 0 Å². The molecule has 1 saturated heterocycles. The van der Waals surface area contributed by atoms with Crippen LogP contribution in [0, 0.1) is 6.92 Å². The summed E-state index contributed by atoms with van der Waals surface area (Å²) < 4.78 is 10.4. The smallest absolute Gasteiger partial charge is 0.219 e. The first-order valence-corrected chi connectivity index (χ1v) is 8.12. The van der Waals surface area contributed by atoms with E-state index in [1.54, 1.807) is 14.0 Å². The summed E-state index contributed by atoms with van der Waals surface area (Å²) in [5.41, 5.74) is 2.09. The number of aromatic nitrogens is 1. The van der Waals surface area contributed by atoms with Gasteiger partial charge in [-0.3, -0.25) is 9.69 Å². The van der Waals surface area contributed by atoms with E-state index in [9.17, 15) is 4.79 Å². The number of carbonyl (C=O) groups excluding carboxylic acids is 1. The zero-order chi connectivity index (χ0) is 17.1. The molecule has 1 atom stereocenters. The minimum absolute atomic E-state index is 0.116. The number of benzene rings is 1. The molecule has 1 amide bonds. The molecule has 6 nitrogen and oxygen atoms in total. The zero-order valence-corrected chi connectivity index (χ0v) is 14.4. The molecule has 3 rings (SSSR count). The number of hydrogen-bond donors (Lipinski definition) is 0. The molecular weight excluding hydrogens is 306 g/mol. The topological polar surface area (TPSA) is 58.8 Å². The Bertz CT molecular complexity index is 696. The van der Waals surface area contributed by atoms with Crippen molar-refractivity contribution in [1.29, 1.82) is 0 Å². The quantitative estimate of drug-likeness (QED) is 0.862. The summed E-state index contributed by atoms with van der Waals surface area (Å²) in [6.07, 6.45) is 0. The molecule has 1 fully saturated rings. The number of rotatable bonds is 4. The highest BCUT2D eigenvalue weighted by molar-refractivity contribution is 5.73. The molecule has 1 aromatic heterocycles. The van der Waals surface area contributed by atoms with E-state index >= 15 is 0 Å². The van der Waals surface area contributed by atoms with Crippen LogP contribution in [0.5, 0.6) is 5.75 Å². The molecule has 0 saturated carbocycles. The van der Waals surface area contributed by atoms with Gasteiger partial charge in [0.2, 0.25) is 5.91 Å². The molecule has 0 bridgehead atoms. The van der Waals surface area contributed by atoms with Crippen LogP contribution < -0.4 is 4.74 Å². The highest BCUT2D eigenvalue weighted by Gasteiger charge is 2.30. The normalized spacial score (nSPS) is 18.6. The molecule has 0 radical (unpaired) electrons. The minimum atomic E-state index is 0.116. The number of amides is 1. The Labute approximate surface area is 142 Å². The lowest BCUT2D eigenvalue weighted by atomic mass is 10.0. The second kappa shape index (κ2) is 7.05. The third-order valence-corrected chi connectivity index (χ3v) is 4.48. The Morgan fingerprint density at radius 1 is 1.33 bits per heavy atom. The Hall–Kier alpha value is -2.34. The average Bonchev–Trinajstić information content (AvgIpc) is 3.00. The summed E-state index contributed by atoms with van der Waals surface area (Å²) >= 11 is 0. The third kappa shape index (κ3) is 3.59. The van der Waals surface area contributed by atoms with Gasteiger partial charge in [0.25, 0.3) is 0 Å². The van der Waals surface area contributed by atoms with Gasteiger partial charge in [0, 0.05) is 39.2 Å². The Kier molecular flexibility index (Phi) is 4.85. The van der Waals surface area contributed by atoms with E-state index in [4.69, 9.17) is 9.26 Å². The summed E-state index contributed by atoms with van der Waals surface area (Å²) in [5.74, 6) is 1.76. The van der Waals surface area contributed by atoms with Gasteiger partial charge in [0.05, 0.1) is 18.8 Å². The Morgan fingerprint density at radius 3 is 2.67 bits per heavy atom. The van der Waals surface area contributed by atoms with E-state index in [2.05, 4.69) is 22.2 Å². The summed E-state index contributed by atoms with van der Waals surface area (Å²) in [5, 5.41) is 4.10. The largest absolute Gasteiger partial charge is 0.497 e. The number of piperazine rings is 1. The lowest BCUT2D eigenvalue weighted by molar-refractivity contribution is -0.132. The highest BCUT2D eigenvalue weighted by atomic mass is 16.5. The Morgan fingerprint density at radius 2 is 2.08 bits per heavy atom. The summed E-state index contributed by atoms with van der Waals surface area (Å²) in [6.45, 7) is 6.45. The molecule has 0 aliphatic carbocycles. The standard InChI is InChI=1S/C18H23N3O3/c1-13-10-16(19-24-13)11-21-9-8-20(14(2)22)12-18(21)15-4-6-17(23-3)7-5-15/h4-7,10,18H,8-9,11-12H2,1-3H3/t18-/m0/s1. The van der Waals surface area contributed by atoms with E-state index in [1.165, 1.54) is 5.56 Å². The molecule has 1 aliphatic heterocycles. The molecule has 0 spiro atoms. The van der Waals surface area contributed by atoms with Crippen LogP contribution in [0.2, 0.25) is 0 Å². The lowest BCUT2D eigenvalue weighted by Gasteiger charge is -2.41. The van der Waals surface area contributed by atoms with Gasteiger partial charge in [-0.15, -0.1) is 0 Å². The SMILES string of the molecule is COc1ccc([C@@H]2CN(C(C)=O)CCN2Cc2cc(C)on2)cc1. The maximum absolute atomic E-state index is 11.8. The van der Waals surface area contributed by atoms with Gasteiger partial charge >= 0.3 is 0 Å². The molecule has 0 unspecified atom stereocenters. The van der Waals surface area contributed by atoms with Crippen molar-refractivity contribution >= 4 is 5.91 Å². The number of nitrogens with zero attached hydrogens (tertiary/aromatic N) is 3. The van der Waals surface area contributed by atoms with Crippen LogP contribution in [0.3, 0.4) is 0 Å². The van der Waals surface area contributed by atoms with Gasteiger partial charge < -0.3 is 14.2 Å². The highest BCUT2D eigenvalue weighted by Crippen LogP contribution is 2.28. The van der Waals surface area contributed by atoms with Crippen LogP contribution in [0.15, 0.2) is 34.9 Å². The van der Waals surface area contributed by atoms with Crippen molar-refractivity contribution in [2.24, 2.45) is 0 Å². The van der Waals surface area contributed by atoms with E-state index in [0.29, 0.717) is 13.1 Å². The third-order valence-electron chi connectivity index (χ3n) is 4.48. The second-order valence-corrected chi connectivity index (χ2v) is 6.15. The molecule has 2 aromatic rings. The minimum Gasteiger partial charge on any atom is -0.497 e. The van der Waals surface area contributed by atoms with Crippen LogP contribution >= 0.6 is 0 Å². The van der Waals surface area contributed by atoms with Crippen LogP contribution in [-0.2, 0) is 11.3 Å². The van der Waals surface area contributed by atoms with Crippen molar-refractivity contribution in [1.82, 2.24) is 15.0 Å². The monoisotopic (exact) mass is 329 g/mol. The van der Waals surface area contributed by atoms with Crippen LogP contribution in [-0.4, -0.2) is 47.6 Å². The lowest BCUT2D eigenvalue weighted by Crippen LogP contribution is -2.49. The van der Waals surface area contributed by atoms with Crippen molar-refractivity contribution in [3.05, 3.63) is 47.3 Å². The van der Waals surface area contributed by atoms with Crippen molar-refractivity contribution in [3.63, 3.8) is 0 Å².